The van der Waals surface area contributed by atoms with Crippen molar-refractivity contribution in [3.63, 3.8) is 0 Å². The fourth-order valence-corrected chi connectivity index (χ4v) is 3.92. The number of amides is 1. The van der Waals surface area contributed by atoms with Crippen LogP contribution in [0, 0.1) is 5.92 Å². The third kappa shape index (κ3) is 2.32. The minimum atomic E-state index is -0.00970. The molecule has 5 nitrogen and oxygen atoms in total. The van der Waals surface area contributed by atoms with E-state index in [1.54, 1.807) is 18.2 Å². The summed E-state index contributed by atoms with van der Waals surface area (Å²) in [6.07, 6.45) is 1.04. The highest BCUT2D eigenvalue weighted by Gasteiger charge is 2.36. The maximum absolute atomic E-state index is 12.8. The number of benzene rings is 1. The number of nitrogens with zero attached hydrogens (tertiary/aromatic N) is 2. The second kappa shape index (κ2) is 5.26. The summed E-state index contributed by atoms with van der Waals surface area (Å²) in [6, 6.07) is 12.6. The smallest absolute Gasteiger partial charge is 0.255 e. The summed E-state index contributed by atoms with van der Waals surface area (Å²) < 4.78 is 1.87. The Morgan fingerprint density at radius 3 is 2.70 bits per heavy atom. The minimum Gasteiger partial charge on any atom is -0.398 e. The van der Waals surface area contributed by atoms with E-state index in [1.807, 2.05) is 33.7 Å². The first-order chi connectivity index (χ1) is 11.1. The molecule has 0 radical (unpaired) electrons. The van der Waals surface area contributed by atoms with Gasteiger partial charge in [-0.15, -0.1) is 0 Å². The summed E-state index contributed by atoms with van der Waals surface area (Å²) in [4.78, 5) is 26.7. The first kappa shape index (κ1) is 14.1. The molecule has 1 amide bonds. The first-order valence-corrected chi connectivity index (χ1v) is 7.97. The van der Waals surface area contributed by atoms with E-state index in [4.69, 9.17) is 5.73 Å². The highest BCUT2D eigenvalue weighted by Crippen LogP contribution is 2.35. The Kier molecular flexibility index (Phi) is 3.22. The van der Waals surface area contributed by atoms with Gasteiger partial charge >= 0.3 is 0 Å². The van der Waals surface area contributed by atoms with Crippen molar-refractivity contribution >= 4 is 11.6 Å². The number of aromatic nitrogens is 1. The Morgan fingerprint density at radius 1 is 1.04 bits per heavy atom. The number of nitrogen functional groups attached to an aromatic ring is 1. The van der Waals surface area contributed by atoms with Crippen molar-refractivity contribution in [3.8, 4) is 0 Å². The Balaban J connectivity index is 1.65. The van der Waals surface area contributed by atoms with E-state index < -0.39 is 0 Å². The number of fused-ring (bicyclic) bond motifs is 4. The van der Waals surface area contributed by atoms with Crippen LogP contribution in [0.4, 0.5) is 5.69 Å². The lowest BCUT2D eigenvalue weighted by Gasteiger charge is -2.42. The Hall–Kier alpha value is -2.56. The monoisotopic (exact) mass is 309 g/mol. The van der Waals surface area contributed by atoms with E-state index in [0.717, 1.165) is 12.1 Å². The van der Waals surface area contributed by atoms with Crippen molar-refractivity contribution < 1.29 is 4.79 Å². The summed E-state index contributed by atoms with van der Waals surface area (Å²) in [7, 11) is 0. The molecule has 1 fully saturated rings. The fraction of sp³-hybridized carbons (Fsp3) is 0.333. The first-order valence-electron chi connectivity index (χ1n) is 7.97. The molecule has 2 bridgehead atoms. The molecule has 0 unspecified atom stereocenters. The molecule has 2 aliphatic rings. The van der Waals surface area contributed by atoms with Crippen LogP contribution in [-0.4, -0.2) is 28.5 Å². The van der Waals surface area contributed by atoms with Crippen molar-refractivity contribution in [2.24, 2.45) is 5.92 Å². The van der Waals surface area contributed by atoms with E-state index in [9.17, 15) is 9.59 Å². The van der Waals surface area contributed by atoms with Crippen LogP contribution >= 0.6 is 0 Å². The van der Waals surface area contributed by atoms with Crippen molar-refractivity contribution in [3.05, 3.63) is 64.1 Å². The normalized spacial score (nSPS) is 22.5. The molecule has 118 valence electrons. The zero-order valence-electron chi connectivity index (χ0n) is 12.8. The molecule has 0 saturated carbocycles. The molecule has 2 aliphatic heterocycles. The summed E-state index contributed by atoms with van der Waals surface area (Å²) in [5.41, 5.74) is 8.14. The second-order valence-corrected chi connectivity index (χ2v) is 6.50. The van der Waals surface area contributed by atoms with Crippen LogP contribution in [0.3, 0.4) is 0 Å². The molecule has 0 spiro atoms. The number of nitrogens with two attached hydrogens (primary N) is 1. The number of piperidine rings is 1. The van der Waals surface area contributed by atoms with Gasteiger partial charge in [-0.05, 0) is 30.5 Å². The molecular weight excluding hydrogens is 290 g/mol. The summed E-state index contributed by atoms with van der Waals surface area (Å²) >= 11 is 0. The molecule has 4 rings (SSSR count). The summed E-state index contributed by atoms with van der Waals surface area (Å²) in [5, 5.41) is 0. The van der Waals surface area contributed by atoms with Crippen molar-refractivity contribution in [1.29, 1.82) is 0 Å². The maximum Gasteiger partial charge on any atom is 0.255 e. The van der Waals surface area contributed by atoms with Crippen LogP contribution in [0.15, 0.2) is 47.3 Å². The number of hydrogen-bond donors (Lipinski definition) is 1. The average Bonchev–Trinajstić information content (AvgIpc) is 2.55. The molecule has 0 aliphatic carbocycles. The number of rotatable bonds is 1. The predicted octanol–water partition coefficient (Wildman–Crippen LogP) is 1.69. The van der Waals surface area contributed by atoms with E-state index in [-0.39, 0.29) is 17.4 Å². The SMILES string of the molecule is Nc1ccccc1C(=O)N1C[C@H]2C[C@@H](C1)c1cccc(=O)n1C2. The predicted molar refractivity (Wildman–Crippen MR) is 88.3 cm³/mol. The van der Waals surface area contributed by atoms with Crippen LogP contribution < -0.4 is 11.3 Å². The highest BCUT2D eigenvalue weighted by atomic mass is 16.2. The number of pyridine rings is 1. The van der Waals surface area contributed by atoms with Gasteiger partial charge in [-0.25, -0.2) is 0 Å². The fourth-order valence-electron chi connectivity index (χ4n) is 3.92. The third-order valence-corrected chi connectivity index (χ3v) is 4.96. The molecule has 2 atom stereocenters. The summed E-state index contributed by atoms with van der Waals surface area (Å²) in [6.45, 7) is 2.02. The summed E-state index contributed by atoms with van der Waals surface area (Å²) in [5.74, 6) is 0.546. The van der Waals surface area contributed by atoms with Crippen molar-refractivity contribution in [1.82, 2.24) is 9.47 Å². The van der Waals surface area contributed by atoms with Crippen molar-refractivity contribution in [2.45, 2.75) is 18.9 Å². The number of anilines is 1. The van der Waals surface area contributed by atoms with Gasteiger partial charge in [0.15, 0.2) is 0 Å². The van der Waals surface area contributed by atoms with Crippen LogP contribution in [-0.2, 0) is 6.54 Å². The number of para-hydroxylation sites is 1. The zero-order valence-corrected chi connectivity index (χ0v) is 12.8. The average molecular weight is 309 g/mol. The maximum atomic E-state index is 12.8. The molecule has 1 aromatic carbocycles. The minimum absolute atomic E-state index is 0.00970. The van der Waals surface area contributed by atoms with Gasteiger partial charge in [-0.3, -0.25) is 9.59 Å². The van der Waals surface area contributed by atoms with E-state index in [1.165, 1.54) is 0 Å². The van der Waals surface area contributed by atoms with Gasteiger partial charge in [-0.1, -0.05) is 18.2 Å². The Morgan fingerprint density at radius 2 is 1.87 bits per heavy atom. The van der Waals surface area contributed by atoms with Crippen LogP contribution in [0.25, 0.3) is 0 Å². The molecule has 1 aromatic heterocycles. The van der Waals surface area contributed by atoms with Crippen LogP contribution in [0.1, 0.15) is 28.4 Å². The largest absolute Gasteiger partial charge is 0.398 e. The van der Waals surface area contributed by atoms with E-state index >= 15 is 0 Å². The number of carbonyl (C=O) groups is 1. The van der Waals surface area contributed by atoms with Gasteiger partial charge in [0, 0.05) is 43.0 Å². The van der Waals surface area contributed by atoms with Gasteiger partial charge in [0.05, 0.1) is 5.56 Å². The second-order valence-electron chi connectivity index (χ2n) is 6.50. The van der Waals surface area contributed by atoms with E-state index in [0.29, 0.717) is 36.8 Å². The van der Waals surface area contributed by atoms with Crippen LogP contribution in [0.5, 0.6) is 0 Å². The lowest BCUT2D eigenvalue weighted by molar-refractivity contribution is 0.0595. The van der Waals surface area contributed by atoms with Gasteiger partial charge in [0.1, 0.15) is 0 Å². The molecule has 1 saturated heterocycles. The van der Waals surface area contributed by atoms with E-state index in [2.05, 4.69) is 0 Å². The number of hydrogen-bond acceptors (Lipinski definition) is 3. The quantitative estimate of drug-likeness (QED) is 0.815. The molecule has 3 heterocycles. The van der Waals surface area contributed by atoms with Gasteiger partial charge in [-0.2, -0.15) is 0 Å². The van der Waals surface area contributed by atoms with Crippen molar-refractivity contribution in [2.75, 3.05) is 18.8 Å². The molecule has 5 heteroatoms. The molecule has 23 heavy (non-hydrogen) atoms. The van der Waals surface area contributed by atoms with Gasteiger partial charge in [0.25, 0.3) is 11.5 Å². The highest BCUT2D eigenvalue weighted by molar-refractivity contribution is 5.99. The lowest BCUT2D eigenvalue weighted by Crippen LogP contribution is -2.49. The third-order valence-electron chi connectivity index (χ3n) is 4.96. The Bertz CT molecular complexity index is 827. The zero-order chi connectivity index (χ0) is 16.0. The number of likely N-dealkylation sites (tertiary alicyclic amines) is 1. The lowest BCUT2D eigenvalue weighted by atomic mass is 9.83. The molecule has 2 N–H and O–H groups in total. The van der Waals surface area contributed by atoms with Crippen LogP contribution in [0.2, 0.25) is 0 Å². The number of carbonyl (C=O) groups excluding carboxylic acids is 1. The van der Waals surface area contributed by atoms with Gasteiger partial charge in [0.2, 0.25) is 0 Å². The topological polar surface area (TPSA) is 68.3 Å². The molecular formula is C18H19N3O2. The molecule has 2 aromatic rings. The standard InChI is InChI=1S/C18H19N3O2/c19-15-5-2-1-4-14(15)18(23)20-9-12-8-13(11-20)16-6-3-7-17(22)21(16)10-12/h1-7,12-13H,8-11,19H2/t12-,13+/m1/s1. The van der Waals surface area contributed by atoms with Gasteiger partial charge < -0.3 is 15.2 Å². The Labute approximate surface area is 134 Å².